The molecule has 136 valence electrons. The molecule has 1 aromatic carbocycles. The van der Waals surface area contributed by atoms with E-state index in [1.807, 2.05) is 6.07 Å². The number of H-pyrrole nitrogens is 1. The van der Waals surface area contributed by atoms with E-state index in [0.717, 1.165) is 11.3 Å². The number of carbonyl (C=O) groups is 2. The molecule has 3 aromatic rings. The molecule has 3 rings (SSSR count). The van der Waals surface area contributed by atoms with Gasteiger partial charge in [0, 0.05) is 0 Å². The first-order valence-corrected chi connectivity index (χ1v) is 8.68. The number of benzene rings is 1. The van der Waals surface area contributed by atoms with Crippen molar-refractivity contribution < 1.29 is 14.3 Å². The SMILES string of the molecule is Cc1nc2sc(C(=O)OCC(=O)Nc3ccccc3C#N)c(C)c2c(=O)[nH]1. The molecule has 0 aliphatic rings. The van der Waals surface area contributed by atoms with E-state index in [-0.39, 0.29) is 10.4 Å². The van der Waals surface area contributed by atoms with Crippen LogP contribution in [0.25, 0.3) is 10.2 Å². The summed E-state index contributed by atoms with van der Waals surface area (Å²) in [6, 6.07) is 8.46. The van der Waals surface area contributed by atoms with Crippen molar-refractivity contribution in [3.8, 4) is 6.07 Å². The number of nitriles is 1. The van der Waals surface area contributed by atoms with Gasteiger partial charge >= 0.3 is 5.97 Å². The number of aromatic nitrogens is 2. The van der Waals surface area contributed by atoms with Crippen LogP contribution in [0.5, 0.6) is 0 Å². The molecule has 0 unspecified atom stereocenters. The van der Waals surface area contributed by atoms with Crippen LogP contribution in [0.4, 0.5) is 5.69 Å². The number of ether oxygens (including phenoxy) is 1. The fraction of sp³-hybridized carbons (Fsp3) is 0.167. The molecular formula is C18H14N4O4S. The van der Waals surface area contributed by atoms with Gasteiger partial charge in [-0.2, -0.15) is 5.26 Å². The Morgan fingerprint density at radius 1 is 1.33 bits per heavy atom. The van der Waals surface area contributed by atoms with E-state index in [2.05, 4.69) is 15.3 Å². The number of thiophene rings is 1. The Balaban J connectivity index is 1.73. The number of nitrogens with zero attached hydrogens (tertiary/aromatic N) is 2. The summed E-state index contributed by atoms with van der Waals surface area (Å²) in [7, 11) is 0. The molecule has 2 N–H and O–H groups in total. The maximum atomic E-state index is 12.3. The Bertz CT molecular complexity index is 1160. The van der Waals surface area contributed by atoms with Crippen molar-refractivity contribution >= 4 is 39.1 Å². The van der Waals surface area contributed by atoms with E-state index in [0.29, 0.717) is 32.9 Å². The van der Waals surface area contributed by atoms with Crippen molar-refractivity contribution in [2.24, 2.45) is 0 Å². The van der Waals surface area contributed by atoms with Crippen molar-refractivity contribution in [1.29, 1.82) is 5.26 Å². The van der Waals surface area contributed by atoms with Crippen LogP contribution in [0.15, 0.2) is 29.1 Å². The highest BCUT2D eigenvalue weighted by Gasteiger charge is 2.21. The number of carbonyl (C=O) groups excluding carboxylic acids is 2. The minimum Gasteiger partial charge on any atom is -0.451 e. The highest BCUT2D eigenvalue weighted by molar-refractivity contribution is 7.20. The molecule has 0 saturated heterocycles. The lowest BCUT2D eigenvalue weighted by Crippen LogP contribution is -2.21. The zero-order valence-electron chi connectivity index (χ0n) is 14.5. The summed E-state index contributed by atoms with van der Waals surface area (Å²) >= 11 is 1.04. The molecule has 0 spiro atoms. The minimum absolute atomic E-state index is 0.221. The van der Waals surface area contributed by atoms with Crippen LogP contribution >= 0.6 is 11.3 Å². The first-order valence-electron chi connectivity index (χ1n) is 7.87. The van der Waals surface area contributed by atoms with Crippen molar-refractivity contribution in [1.82, 2.24) is 9.97 Å². The quantitative estimate of drug-likeness (QED) is 0.667. The van der Waals surface area contributed by atoms with E-state index < -0.39 is 18.5 Å². The maximum Gasteiger partial charge on any atom is 0.349 e. The third-order valence-corrected chi connectivity index (χ3v) is 4.93. The monoisotopic (exact) mass is 382 g/mol. The van der Waals surface area contributed by atoms with Gasteiger partial charge in [-0.1, -0.05) is 12.1 Å². The summed E-state index contributed by atoms with van der Waals surface area (Å²) in [4.78, 5) is 43.9. The standard InChI is InChI=1S/C18H14N4O4S/c1-9-14-16(24)20-10(2)21-17(14)27-15(9)18(25)26-8-13(23)22-12-6-4-3-5-11(12)7-19/h3-6H,8H2,1-2H3,(H,22,23)(H,20,21,24). The number of hydrogen-bond donors (Lipinski definition) is 2. The third-order valence-electron chi connectivity index (χ3n) is 3.76. The number of anilines is 1. The van der Waals surface area contributed by atoms with Crippen molar-refractivity contribution in [3.63, 3.8) is 0 Å². The molecule has 2 heterocycles. The molecule has 2 aromatic heterocycles. The maximum absolute atomic E-state index is 12.3. The van der Waals surface area contributed by atoms with Crippen molar-refractivity contribution in [2.75, 3.05) is 11.9 Å². The summed E-state index contributed by atoms with van der Waals surface area (Å²) in [5, 5.41) is 11.9. The Kier molecular flexibility index (Phi) is 5.00. The van der Waals surface area contributed by atoms with Gasteiger partial charge in [0.25, 0.3) is 11.5 Å². The average molecular weight is 382 g/mol. The van der Waals surface area contributed by atoms with E-state index >= 15 is 0 Å². The highest BCUT2D eigenvalue weighted by atomic mass is 32.1. The molecule has 0 aliphatic heterocycles. The second-order valence-corrected chi connectivity index (χ2v) is 6.67. The number of hydrogen-bond acceptors (Lipinski definition) is 7. The molecule has 8 nitrogen and oxygen atoms in total. The normalized spacial score (nSPS) is 10.4. The topological polar surface area (TPSA) is 125 Å². The van der Waals surface area contributed by atoms with Crippen LogP contribution in [0.2, 0.25) is 0 Å². The van der Waals surface area contributed by atoms with Gasteiger partial charge in [0.15, 0.2) is 6.61 Å². The van der Waals surface area contributed by atoms with Crippen LogP contribution in [-0.2, 0) is 9.53 Å². The first-order chi connectivity index (χ1) is 12.9. The van der Waals surface area contributed by atoms with Gasteiger partial charge in [0.2, 0.25) is 0 Å². The summed E-state index contributed by atoms with van der Waals surface area (Å²) < 4.78 is 5.05. The molecule has 0 aliphatic carbocycles. The minimum atomic E-state index is -0.712. The average Bonchev–Trinajstić information content (AvgIpc) is 2.96. The number of fused-ring (bicyclic) bond motifs is 1. The van der Waals surface area contributed by atoms with Crippen LogP contribution in [0.1, 0.15) is 26.6 Å². The fourth-order valence-corrected chi connectivity index (χ4v) is 3.64. The van der Waals surface area contributed by atoms with Crippen molar-refractivity contribution in [2.45, 2.75) is 13.8 Å². The molecule has 1 amide bonds. The number of aromatic amines is 1. The number of nitrogens with one attached hydrogen (secondary N) is 2. The van der Waals surface area contributed by atoms with Crippen LogP contribution in [-0.4, -0.2) is 28.5 Å². The Hall–Kier alpha value is -3.51. The molecule has 9 heteroatoms. The van der Waals surface area contributed by atoms with Crippen LogP contribution in [0.3, 0.4) is 0 Å². The lowest BCUT2D eigenvalue weighted by molar-refractivity contribution is -0.119. The molecule has 0 atom stereocenters. The van der Waals surface area contributed by atoms with E-state index in [9.17, 15) is 14.4 Å². The van der Waals surface area contributed by atoms with Gasteiger partial charge in [-0.3, -0.25) is 9.59 Å². The molecule has 0 bridgehead atoms. The second kappa shape index (κ2) is 7.39. The second-order valence-electron chi connectivity index (χ2n) is 5.67. The molecule has 0 radical (unpaired) electrons. The van der Waals surface area contributed by atoms with Crippen LogP contribution < -0.4 is 10.9 Å². The largest absolute Gasteiger partial charge is 0.451 e. The Morgan fingerprint density at radius 3 is 2.81 bits per heavy atom. The zero-order chi connectivity index (χ0) is 19.6. The smallest absolute Gasteiger partial charge is 0.349 e. The predicted octanol–water partition coefficient (Wildman–Crippen LogP) is 2.27. The summed E-state index contributed by atoms with van der Waals surface area (Å²) in [5.41, 5.74) is 0.781. The van der Waals surface area contributed by atoms with E-state index in [1.165, 1.54) is 0 Å². The number of esters is 1. The van der Waals surface area contributed by atoms with E-state index in [1.54, 1.807) is 38.1 Å². The lowest BCUT2D eigenvalue weighted by atomic mass is 10.2. The van der Waals surface area contributed by atoms with E-state index in [4.69, 9.17) is 10.00 Å². The van der Waals surface area contributed by atoms with Gasteiger partial charge in [0.1, 0.15) is 21.6 Å². The number of aryl methyl sites for hydroxylation is 2. The zero-order valence-corrected chi connectivity index (χ0v) is 15.3. The molecule has 0 fully saturated rings. The van der Waals surface area contributed by atoms with Gasteiger partial charge in [-0.25, -0.2) is 9.78 Å². The van der Waals surface area contributed by atoms with Gasteiger partial charge in [0.05, 0.1) is 16.6 Å². The number of rotatable bonds is 4. The molecule has 0 saturated carbocycles. The first kappa shape index (κ1) is 18.3. The summed E-state index contributed by atoms with van der Waals surface area (Å²) in [5.74, 6) is -0.836. The fourth-order valence-electron chi connectivity index (χ4n) is 2.52. The predicted molar refractivity (Wildman–Crippen MR) is 99.8 cm³/mol. The van der Waals surface area contributed by atoms with Crippen LogP contribution in [0, 0.1) is 25.2 Å². The Morgan fingerprint density at radius 2 is 2.07 bits per heavy atom. The lowest BCUT2D eigenvalue weighted by Gasteiger charge is -2.07. The van der Waals surface area contributed by atoms with Gasteiger partial charge in [-0.15, -0.1) is 11.3 Å². The van der Waals surface area contributed by atoms with Gasteiger partial charge in [-0.05, 0) is 31.5 Å². The highest BCUT2D eigenvalue weighted by Crippen LogP contribution is 2.27. The molecular weight excluding hydrogens is 368 g/mol. The summed E-state index contributed by atoms with van der Waals surface area (Å²) in [6.45, 7) is 2.76. The number of para-hydroxylation sites is 1. The van der Waals surface area contributed by atoms with Crippen molar-refractivity contribution in [3.05, 3.63) is 56.4 Å². The third kappa shape index (κ3) is 3.70. The Labute approximate surface area is 157 Å². The summed E-state index contributed by atoms with van der Waals surface area (Å²) in [6.07, 6.45) is 0. The van der Waals surface area contributed by atoms with Gasteiger partial charge < -0.3 is 15.0 Å². The molecule has 27 heavy (non-hydrogen) atoms. The number of amides is 1.